The smallest absolute Gasteiger partial charge is 0.416 e. The molecule has 0 aliphatic rings. The second kappa shape index (κ2) is 9.80. The predicted octanol–water partition coefficient (Wildman–Crippen LogP) is 5.42. The lowest BCUT2D eigenvalue weighted by atomic mass is 10.2. The molecule has 3 aromatic carbocycles. The Labute approximate surface area is 177 Å². The van der Waals surface area contributed by atoms with Crippen LogP contribution in [-0.2, 0) is 11.0 Å². The molecule has 0 spiro atoms. The molecule has 8 heteroatoms. The van der Waals surface area contributed by atoms with Crippen molar-refractivity contribution in [3.05, 3.63) is 90.0 Å². The van der Waals surface area contributed by atoms with Gasteiger partial charge in [-0.15, -0.1) is 0 Å². The Bertz CT molecular complexity index is 1020. The van der Waals surface area contributed by atoms with E-state index in [9.17, 15) is 18.0 Å². The molecule has 3 aromatic rings. The van der Waals surface area contributed by atoms with Crippen molar-refractivity contribution in [1.82, 2.24) is 5.43 Å². The van der Waals surface area contributed by atoms with Crippen molar-refractivity contribution in [2.75, 3.05) is 0 Å². The van der Waals surface area contributed by atoms with E-state index >= 15 is 0 Å². The van der Waals surface area contributed by atoms with E-state index in [1.54, 1.807) is 31.2 Å². The average Bonchev–Trinajstić information content (AvgIpc) is 2.75. The Morgan fingerprint density at radius 1 is 0.903 bits per heavy atom. The van der Waals surface area contributed by atoms with Gasteiger partial charge in [-0.2, -0.15) is 18.3 Å². The van der Waals surface area contributed by atoms with Crippen LogP contribution in [0.1, 0.15) is 18.1 Å². The van der Waals surface area contributed by atoms with Gasteiger partial charge in [-0.1, -0.05) is 30.3 Å². The highest BCUT2D eigenvalue weighted by atomic mass is 19.4. The largest absolute Gasteiger partial charge is 0.481 e. The molecule has 0 aliphatic carbocycles. The zero-order chi connectivity index (χ0) is 22.3. The van der Waals surface area contributed by atoms with Gasteiger partial charge in [0.15, 0.2) is 6.10 Å². The van der Waals surface area contributed by atoms with Crippen LogP contribution >= 0.6 is 0 Å². The fraction of sp³-hybridized carbons (Fsp3) is 0.130. The van der Waals surface area contributed by atoms with Crippen LogP contribution in [0.3, 0.4) is 0 Å². The first kappa shape index (κ1) is 21.9. The number of benzene rings is 3. The normalized spacial score (nSPS) is 12.4. The minimum Gasteiger partial charge on any atom is -0.481 e. The van der Waals surface area contributed by atoms with Crippen molar-refractivity contribution in [2.24, 2.45) is 5.10 Å². The molecule has 0 saturated heterocycles. The van der Waals surface area contributed by atoms with E-state index in [4.69, 9.17) is 9.47 Å². The van der Waals surface area contributed by atoms with Crippen LogP contribution in [-0.4, -0.2) is 18.2 Å². The van der Waals surface area contributed by atoms with Crippen LogP contribution in [0.25, 0.3) is 0 Å². The van der Waals surface area contributed by atoms with Crippen LogP contribution in [0.4, 0.5) is 13.2 Å². The van der Waals surface area contributed by atoms with Gasteiger partial charge in [-0.25, -0.2) is 5.43 Å². The molecule has 3 rings (SSSR count). The molecule has 0 fully saturated rings. The topological polar surface area (TPSA) is 59.9 Å². The van der Waals surface area contributed by atoms with E-state index in [-0.39, 0.29) is 5.75 Å². The Morgan fingerprint density at radius 2 is 1.45 bits per heavy atom. The van der Waals surface area contributed by atoms with Gasteiger partial charge < -0.3 is 9.47 Å². The summed E-state index contributed by atoms with van der Waals surface area (Å²) >= 11 is 0. The minimum atomic E-state index is -4.40. The first-order valence-corrected chi connectivity index (χ1v) is 9.31. The molecule has 0 bridgehead atoms. The van der Waals surface area contributed by atoms with Crippen molar-refractivity contribution in [2.45, 2.75) is 19.2 Å². The van der Waals surface area contributed by atoms with Gasteiger partial charge >= 0.3 is 6.18 Å². The first-order chi connectivity index (χ1) is 14.8. The molecule has 0 radical (unpaired) electrons. The quantitative estimate of drug-likeness (QED) is 0.404. The molecular weight excluding hydrogens is 409 g/mol. The van der Waals surface area contributed by atoms with Crippen molar-refractivity contribution >= 4 is 12.1 Å². The summed E-state index contributed by atoms with van der Waals surface area (Å²) in [6.07, 6.45) is -3.67. The molecule has 0 saturated carbocycles. The monoisotopic (exact) mass is 428 g/mol. The maximum Gasteiger partial charge on any atom is 0.416 e. The number of hydrogen-bond donors (Lipinski definition) is 1. The second-order valence-corrected chi connectivity index (χ2v) is 6.50. The number of halogens is 3. The number of hydrazone groups is 1. The lowest BCUT2D eigenvalue weighted by Gasteiger charge is -2.13. The fourth-order valence-corrected chi connectivity index (χ4v) is 2.49. The summed E-state index contributed by atoms with van der Waals surface area (Å²) in [7, 11) is 0. The van der Waals surface area contributed by atoms with Crippen molar-refractivity contribution in [1.29, 1.82) is 0 Å². The van der Waals surface area contributed by atoms with Gasteiger partial charge in [-0.3, -0.25) is 4.79 Å². The first-order valence-electron chi connectivity index (χ1n) is 9.31. The molecule has 1 atom stereocenters. The van der Waals surface area contributed by atoms with Gasteiger partial charge in [-0.05, 0) is 61.0 Å². The third kappa shape index (κ3) is 6.60. The molecular formula is C23H19F3N2O3. The van der Waals surface area contributed by atoms with Crippen molar-refractivity contribution < 1.29 is 27.4 Å². The van der Waals surface area contributed by atoms with Crippen LogP contribution in [0, 0.1) is 0 Å². The van der Waals surface area contributed by atoms with E-state index in [1.165, 1.54) is 18.3 Å². The highest BCUT2D eigenvalue weighted by Gasteiger charge is 2.30. The molecule has 1 amide bonds. The minimum absolute atomic E-state index is 0.269. The summed E-state index contributed by atoms with van der Waals surface area (Å²) in [4.78, 5) is 12.1. The third-order valence-corrected chi connectivity index (χ3v) is 4.11. The molecule has 0 heterocycles. The van der Waals surface area contributed by atoms with Crippen LogP contribution in [0.15, 0.2) is 84.0 Å². The lowest BCUT2D eigenvalue weighted by Crippen LogP contribution is -2.33. The van der Waals surface area contributed by atoms with E-state index < -0.39 is 23.8 Å². The maximum atomic E-state index is 12.6. The summed E-state index contributed by atoms with van der Waals surface area (Å²) in [5, 5.41) is 3.89. The highest BCUT2D eigenvalue weighted by molar-refractivity contribution is 5.84. The number of nitrogens with zero attached hydrogens (tertiary/aromatic N) is 1. The number of carbonyl (C=O) groups is 1. The molecule has 160 valence electrons. The lowest BCUT2D eigenvalue weighted by molar-refractivity contribution is -0.137. The van der Waals surface area contributed by atoms with E-state index in [2.05, 4.69) is 10.5 Å². The predicted molar refractivity (Wildman–Crippen MR) is 110 cm³/mol. The Balaban J connectivity index is 1.51. The van der Waals surface area contributed by atoms with Gasteiger partial charge in [0.25, 0.3) is 5.91 Å². The number of alkyl halides is 3. The molecule has 5 nitrogen and oxygen atoms in total. The summed E-state index contributed by atoms with van der Waals surface area (Å²) < 4.78 is 48.9. The van der Waals surface area contributed by atoms with Gasteiger partial charge in [0, 0.05) is 0 Å². The van der Waals surface area contributed by atoms with E-state index in [0.717, 1.165) is 17.7 Å². The maximum absolute atomic E-state index is 12.6. The SMILES string of the molecule is CC(Oc1ccc(Oc2ccc(C(F)(F)F)cc2)cc1)C(=O)N/N=C/c1ccccc1. The summed E-state index contributed by atoms with van der Waals surface area (Å²) in [6.45, 7) is 1.58. The van der Waals surface area contributed by atoms with Gasteiger partial charge in [0.2, 0.25) is 0 Å². The highest BCUT2D eigenvalue weighted by Crippen LogP contribution is 2.31. The summed E-state index contributed by atoms with van der Waals surface area (Å²) in [6, 6.07) is 20.1. The van der Waals surface area contributed by atoms with Crippen LogP contribution in [0.2, 0.25) is 0 Å². The Morgan fingerprint density at radius 3 is 2.03 bits per heavy atom. The van der Waals surface area contributed by atoms with Gasteiger partial charge in [0.1, 0.15) is 17.2 Å². The molecule has 1 unspecified atom stereocenters. The van der Waals surface area contributed by atoms with Gasteiger partial charge in [0.05, 0.1) is 11.8 Å². The number of rotatable bonds is 7. The Hall–Kier alpha value is -3.81. The van der Waals surface area contributed by atoms with E-state index in [0.29, 0.717) is 11.5 Å². The van der Waals surface area contributed by atoms with Crippen LogP contribution in [0.5, 0.6) is 17.2 Å². The third-order valence-electron chi connectivity index (χ3n) is 4.11. The van der Waals surface area contributed by atoms with E-state index in [1.807, 2.05) is 30.3 Å². The zero-order valence-corrected chi connectivity index (χ0v) is 16.5. The standard InChI is InChI=1S/C23H19F3N2O3/c1-16(22(29)28-27-15-17-5-3-2-4-6-17)30-19-11-13-21(14-12-19)31-20-9-7-18(8-10-20)23(24,25)26/h2-16H,1H3,(H,28,29)/b27-15+. The van der Waals surface area contributed by atoms with Crippen molar-refractivity contribution in [3.8, 4) is 17.2 Å². The summed E-state index contributed by atoms with van der Waals surface area (Å²) in [5.74, 6) is 0.689. The fourth-order valence-electron chi connectivity index (χ4n) is 2.49. The van der Waals surface area contributed by atoms with Crippen molar-refractivity contribution in [3.63, 3.8) is 0 Å². The average molecular weight is 428 g/mol. The number of amides is 1. The number of ether oxygens (including phenoxy) is 2. The zero-order valence-electron chi connectivity index (χ0n) is 16.5. The molecule has 0 aliphatic heterocycles. The molecule has 1 N–H and O–H groups in total. The molecule has 31 heavy (non-hydrogen) atoms. The second-order valence-electron chi connectivity index (χ2n) is 6.50. The number of hydrogen-bond acceptors (Lipinski definition) is 4. The summed E-state index contributed by atoms with van der Waals surface area (Å²) in [5.41, 5.74) is 2.51. The number of carbonyl (C=O) groups excluding carboxylic acids is 1. The van der Waals surface area contributed by atoms with Crippen LogP contribution < -0.4 is 14.9 Å². The Kier molecular flexibility index (Phi) is 6.92. The molecule has 0 aromatic heterocycles. The number of nitrogens with one attached hydrogen (secondary N) is 1.